The topological polar surface area (TPSA) is 65.4 Å². The first-order chi connectivity index (χ1) is 10.3. The number of hydrogen-bond acceptors (Lipinski definition) is 3. The average molecular weight is 295 g/mol. The third-order valence-corrected chi connectivity index (χ3v) is 3.48. The monoisotopic (exact) mass is 294 g/mol. The summed E-state index contributed by atoms with van der Waals surface area (Å²) in [5.41, 5.74) is 3.07. The molecular formula is C16H11ClN4. The number of halogens is 1. The van der Waals surface area contributed by atoms with E-state index in [9.17, 15) is 0 Å². The van der Waals surface area contributed by atoms with Crippen molar-refractivity contribution < 1.29 is 0 Å². The van der Waals surface area contributed by atoms with Crippen LogP contribution in [0.2, 0.25) is 5.02 Å². The van der Waals surface area contributed by atoms with Gasteiger partial charge >= 0.3 is 0 Å². The number of aromatic amines is 1. The average Bonchev–Trinajstić information content (AvgIpc) is 2.98. The molecule has 2 heterocycles. The Kier molecular flexibility index (Phi) is 3.67. The molecule has 1 N–H and O–H groups in total. The highest BCUT2D eigenvalue weighted by Gasteiger charge is 2.07. The lowest BCUT2D eigenvalue weighted by atomic mass is 10.1. The van der Waals surface area contributed by atoms with Gasteiger partial charge in [0.2, 0.25) is 0 Å². The Labute approximate surface area is 127 Å². The van der Waals surface area contributed by atoms with Gasteiger partial charge in [-0.15, -0.1) is 0 Å². The van der Waals surface area contributed by atoms with Gasteiger partial charge < -0.3 is 4.98 Å². The Morgan fingerprint density at radius 1 is 1.19 bits per heavy atom. The van der Waals surface area contributed by atoms with Crippen molar-refractivity contribution >= 4 is 11.6 Å². The van der Waals surface area contributed by atoms with E-state index in [0.717, 1.165) is 22.1 Å². The van der Waals surface area contributed by atoms with Gasteiger partial charge in [-0.1, -0.05) is 29.8 Å². The summed E-state index contributed by atoms with van der Waals surface area (Å²) in [4.78, 5) is 11.8. The molecule has 3 aromatic rings. The number of hydrogen-bond donors (Lipinski definition) is 1. The van der Waals surface area contributed by atoms with Crippen LogP contribution in [-0.2, 0) is 6.42 Å². The largest absolute Gasteiger partial charge is 0.340 e. The molecule has 0 aliphatic heterocycles. The Morgan fingerprint density at radius 3 is 2.86 bits per heavy atom. The van der Waals surface area contributed by atoms with E-state index in [0.29, 0.717) is 17.7 Å². The molecule has 0 radical (unpaired) electrons. The van der Waals surface area contributed by atoms with Crippen molar-refractivity contribution in [2.24, 2.45) is 0 Å². The van der Waals surface area contributed by atoms with Crippen molar-refractivity contribution in [1.29, 1.82) is 5.26 Å². The molecule has 0 spiro atoms. The molecule has 102 valence electrons. The second-order valence-electron chi connectivity index (χ2n) is 4.55. The fraction of sp³-hybridized carbons (Fsp3) is 0.0625. The van der Waals surface area contributed by atoms with Crippen LogP contribution in [-0.4, -0.2) is 15.0 Å². The summed E-state index contributed by atoms with van der Waals surface area (Å²) in [6.07, 6.45) is 3.95. The molecule has 21 heavy (non-hydrogen) atoms. The fourth-order valence-electron chi connectivity index (χ4n) is 2.05. The third kappa shape index (κ3) is 2.93. The van der Waals surface area contributed by atoms with Gasteiger partial charge in [0.1, 0.15) is 5.82 Å². The number of nitrogens with one attached hydrogen (secondary N) is 1. The molecule has 3 rings (SSSR count). The smallest absolute Gasteiger partial charge is 0.111 e. The van der Waals surface area contributed by atoms with E-state index in [2.05, 4.69) is 21.0 Å². The minimum absolute atomic E-state index is 0.572. The van der Waals surface area contributed by atoms with Crippen molar-refractivity contribution in [1.82, 2.24) is 15.0 Å². The van der Waals surface area contributed by atoms with Gasteiger partial charge in [0.05, 0.1) is 29.2 Å². The summed E-state index contributed by atoms with van der Waals surface area (Å²) in [5.74, 6) is 0.808. The van der Waals surface area contributed by atoms with Crippen LogP contribution in [0.15, 0.2) is 48.8 Å². The summed E-state index contributed by atoms with van der Waals surface area (Å²) in [6, 6.07) is 13.2. The highest BCUT2D eigenvalue weighted by Crippen LogP contribution is 2.20. The van der Waals surface area contributed by atoms with E-state index in [1.54, 1.807) is 24.5 Å². The summed E-state index contributed by atoms with van der Waals surface area (Å²) in [6.45, 7) is 0. The first kappa shape index (κ1) is 13.3. The van der Waals surface area contributed by atoms with Gasteiger partial charge in [0, 0.05) is 17.6 Å². The molecule has 0 fully saturated rings. The lowest BCUT2D eigenvalue weighted by Crippen LogP contribution is -1.92. The standard InChI is InChI=1S/C16H11ClN4/c17-13-4-2-1-3-12(13)8-16-20-10-15(21-16)14-7-11(9-18)5-6-19-14/h1-7,10H,8H2,(H,20,21). The fourth-order valence-corrected chi connectivity index (χ4v) is 2.25. The summed E-state index contributed by atoms with van der Waals surface area (Å²) in [5, 5.41) is 9.64. The number of nitriles is 1. The number of nitrogens with zero attached hydrogens (tertiary/aromatic N) is 3. The van der Waals surface area contributed by atoms with Gasteiger partial charge in [-0.3, -0.25) is 4.98 Å². The Balaban J connectivity index is 1.87. The molecular weight excluding hydrogens is 284 g/mol. The molecule has 5 heteroatoms. The maximum absolute atomic E-state index is 8.92. The third-order valence-electron chi connectivity index (χ3n) is 3.11. The molecule has 0 atom stereocenters. The van der Waals surface area contributed by atoms with Gasteiger partial charge in [-0.25, -0.2) is 4.98 Å². The van der Waals surface area contributed by atoms with E-state index < -0.39 is 0 Å². The Morgan fingerprint density at radius 2 is 2.05 bits per heavy atom. The molecule has 0 saturated carbocycles. The molecule has 0 saturated heterocycles. The van der Waals surface area contributed by atoms with Crippen molar-refractivity contribution in [3.8, 4) is 17.5 Å². The normalized spacial score (nSPS) is 10.3. The van der Waals surface area contributed by atoms with Crippen molar-refractivity contribution in [3.05, 3.63) is 70.8 Å². The lowest BCUT2D eigenvalue weighted by Gasteiger charge is -2.01. The summed E-state index contributed by atoms with van der Waals surface area (Å²) < 4.78 is 0. The first-order valence-electron chi connectivity index (χ1n) is 6.40. The number of H-pyrrole nitrogens is 1. The molecule has 0 aliphatic carbocycles. The van der Waals surface area contributed by atoms with Crippen molar-refractivity contribution in [2.75, 3.05) is 0 Å². The predicted octanol–water partition coefficient (Wildman–Crippen LogP) is 3.59. The molecule has 0 bridgehead atoms. The zero-order chi connectivity index (χ0) is 14.7. The van der Waals surface area contributed by atoms with Crippen molar-refractivity contribution in [2.45, 2.75) is 6.42 Å². The van der Waals surface area contributed by atoms with Crippen LogP contribution < -0.4 is 0 Å². The SMILES string of the molecule is N#Cc1ccnc(-c2cnc(Cc3ccccc3Cl)[nH]2)c1. The summed E-state index contributed by atoms with van der Waals surface area (Å²) in [7, 11) is 0. The second kappa shape index (κ2) is 5.78. The highest BCUT2D eigenvalue weighted by atomic mass is 35.5. The predicted molar refractivity (Wildman–Crippen MR) is 80.8 cm³/mol. The van der Waals surface area contributed by atoms with Gasteiger partial charge in [0.15, 0.2) is 0 Å². The number of imidazole rings is 1. The van der Waals surface area contributed by atoms with Crippen LogP contribution >= 0.6 is 11.6 Å². The molecule has 4 nitrogen and oxygen atoms in total. The van der Waals surface area contributed by atoms with Gasteiger partial charge in [-0.2, -0.15) is 5.26 Å². The van der Waals surface area contributed by atoms with Crippen LogP contribution in [0.1, 0.15) is 17.0 Å². The lowest BCUT2D eigenvalue weighted by molar-refractivity contribution is 1.03. The molecule has 0 aliphatic rings. The minimum atomic E-state index is 0.572. The van der Waals surface area contributed by atoms with Crippen LogP contribution in [0.5, 0.6) is 0 Å². The quantitative estimate of drug-likeness (QED) is 0.803. The Bertz CT molecular complexity index is 817. The zero-order valence-electron chi connectivity index (χ0n) is 11.0. The van der Waals surface area contributed by atoms with Crippen LogP contribution in [0, 0.1) is 11.3 Å². The van der Waals surface area contributed by atoms with Crippen LogP contribution in [0.25, 0.3) is 11.4 Å². The minimum Gasteiger partial charge on any atom is -0.340 e. The number of benzene rings is 1. The van der Waals surface area contributed by atoms with Gasteiger partial charge in [-0.05, 0) is 23.8 Å². The maximum Gasteiger partial charge on any atom is 0.111 e. The van der Waals surface area contributed by atoms with E-state index in [-0.39, 0.29) is 0 Å². The second-order valence-corrected chi connectivity index (χ2v) is 4.96. The van der Waals surface area contributed by atoms with E-state index in [1.807, 2.05) is 24.3 Å². The van der Waals surface area contributed by atoms with Crippen LogP contribution in [0.3, 0.4) is 0 Å². The van der Waals surface area contributed by atoms with E-state index >= 15 is 0 Å². The van der Waals surface area contributed by atoms with Gasteiger partial charge in [0.25, 0.3) is 0 Å². The van der Waals surface area contributed by atoms with E-state index in [1.165, 1.54) is 0 Å². The number of aromatic nitrogens is 3. The molecule has 0 amide bonds. The Hall–Kier alpha value is -2.64. The summed E-state index contributed by atoms with van der Waals surface area (Å²) >= 11 is 6.15. The maximum atomic E-state index is 8.92. The van der Waals surface area contributed by atoms with Crippen molar-refractivity contribution in [3.63, 3.8) is 0 Å². The molecule has 1 aromatic carbocycles. The molecule has 0 unspecified atom stereocenters. The number of pyridine rings is 1. The molecule has 2 aromatic heterocycles. The van der Waals surface area contributed by atoms with Crippen LogP contribution in [0.4, 0.5) is 0 Å². The highest BCUT2D eigenvalue weighted by molar-refractivity contribution is 6.31. The van der Waals surface area contributed by atoms with E-state index in [4.69, 9.17) is 16.9 Å². The zero-order valence-corrected chi connectivity index (χ0v) is 11.8. The first-order valence-corrected chi connectivity index (χ1v) is 6.78. The number of rotatable bonds is 3.